The minimum Gasteiger partial charge on any atom is -0.507 e. The van der Waals surface area contributed by atoms with Gasteiger partial charge in [0, 0.05) is 11.1 Å². The summed E-state index contributed by atoms with van der Waals surface area (Å²) in [6.45, 7) is 0. The summed E-state index contributed by atoms with van der Waals surface area (Å²) < 4.78 is 0. The van der Waals surface area contributed by atoms with E-state index in [1.807, 2.05) is 60.7 Å². The number of hydrogen-bond acceptors (Lipinski definition) is 2. The number of nitrogens with zero attached hydrogens (tertiary/aromatic N) is 1. The number of benzene rings is 3. The van der Waals surface area contributed by atoms with Crippen LogP contribution in [0.15, 0.2) is 83.9 Å². The molecule has 3 aromatic carbocycles. The van der Waals surface area contributed by atoms with Crippen molar-refractivity contribution in [2.45, 2.75) is 0 Å². The fourth-order valence-corrected chi connectivity index (χ4v) is 2.39. The fraction of sp³-hybridized carbons (Fsp3) is 0. The van der Waals surface area contributed by atoms with Crippen molar-refractivity contribution in [2.24, 2.45) is 4.99 Å². The van der Waals surface area contributed by atoms with E-state index in [1.54, 1.807) is 18.2 Å². The molecule has 0 aromatic heterocycles. The molecule has 2 nitrogen and oxygen atoms in total. The number of hydrogen-bond donors (Lipinski definition) is 1. The molecule has 3 aromatic rings. The molecule has 0 bridgehead atoms. The summed E-state index contributed by atoms with van der Waals surface area (Å²) >= 11 is 6.21. The normalized spacial score (nSPS) is 11.4. The van der Waals surface area contributed by atoms with Crippen molar-refractivity contribution in [3.05, 3.63) is 95.0 Å². The summed E-state index contributed by atoms with van der Waals surface area (Å²) in [4.78, 5) is 4.68. The van der Waals surface area contributed by atoms with E-state index in [2.05, 4.69) is 4.99 Å². The Labute approximate surface area is 134 Å². The summed E-state index contributed by atoms with van der Waals surface area (Å²) in [5.41, 5.74) is 2.95. The summed E-state index contributed by atoms with van der Waals surface area (Å²) in [7, 11) is 0. The van der Waals surface area contributed by atoms with Gasteiger partial charge in [0.2, 0.25) is 0 Å². The molecule has 0 spiro atoms. The fourth-order valence-electron chi connectivity index (χ4n) is 2.21. The molecule has 108 valence electrons. The van der Waals surface area contributed by atoms with Crippen LogP contribution in [-0.4, -0.2) is 10.8 Å². The topological polar surface area (TPSA) is 32.6 Å². The molecule has 0 aliphatic carbocycles. The molecule has 0 aliphatic rings. The Morgan fingerprint density at radius 3 is 2.14 bits per heavy atom. The van der Waals surface area contributed by atoms with E-state index in [1.165, 1.54) is 0 Å². The Balaban J connectivity index is 2.21. The predicted octanol–water partition coefficient (Wildman–Crippen LogP) is 5.21. The number of aromatic hydroxyl groups is 1. The minimum atomic E-state index is 0.192. The van der Waals surface area contributed by atoms with Crippen molar-refractivity contribution < 1.29 is 5.11 Å². The van der Waals surface area contributed by atoms with Crippen molar-refractivity contribution in [3.8, 4) is 5.75 Å². The number of rotatable bonds is 3. The van der Waals surface area contributed by atoms with Gasteiger partial charge in [-0.2, -0.15) is 0 Å². The third-order valence-corrected chi connectivity index (χ3v) is 3.61. The number of para-hydroxylation sites is 2. The molecule has 0 unspecified atom stereocenters. The lowest BCUT2D eigenvalue weighted by Crippen LogP contribution is -2.03. The van der Waals surface area contributed by atoms with Gasteiger partial charge >= 0.3 is 0 Å². The SMILES string of the molecule is Oc1ccccc1C(=Nc1ccccc1Cl)c1ccccc1. The highest BCUT2D eigenvalue weighted by atomic mass is 35.5. The van der Waals surface area contributed by atoms with Crippen LogP contribution in [0.2, 0.25) is 5.02 Å². The monoisotopic (exact) mass is 307 g/mol. The average Bonchev–Trinajstić information content (AvgIpc) is 2.56. The van der Waals surface area contributed by atoms with E-state index in [9.17, 15) is 5.11 Å². The van der Waals surface area contributed by atoms with Gasteiger partial charge in [0.05, 0.1) is 16.4 Å². The van der Waals surface area contributed by atoms with Crippen LogP contribution in [0.3, 0.4) is 0 Å². The van der Waals surface area contributed by atoms with Crippen molar-refractivity contribution in [1.29, 1.82) is 0 Å². The summed E-state index contributed by atoms with van der Waals surface area (Å²) in [6.07, 6.45) is 0. The molecule has 3 rings (SSSR count). The lowest BCUT2D eigenvalue weighted by Gasteiger charge is -2.10. The predicted molar refractivity (Wildman–Crippen MR) is 91.3 cm³/mol. The van der Waals surface area contributed by atoms with E-state index in [4.69, 9.17) is 11.6 Å². The molecular weight excluding hydrogens is 294 g/mol. The third-order valence-electron chi connectivity index (χ3n) is 3.29. The molecule has 0 radical (unpaired) electrons. The molecular formula is C19H14ClNO. The molecule has 0 saturated carbocycles. The van der Waals surface area contributed by atoms with E-state index in [0.29, 0.717) is 22.0 Å². The smallest absolute Gasteiger partial charge is 0.124 e. The highest BCUT2D eigenvalue weighted by Gasteiger charge is 2.11. The molecule has 0 heterocycles. The van der Waals surface area contributed by atoms with Gasteiger partial charge in [0.25, 0.3) is 0 Å². The molecule has 0 atom stereocenters. The Morgan fingerprint density at radius 2 is 1.41 bits per heavy atom. The van der Waals surface area contributed by atoms with Crippen LogP contribution in [0.5, 0.6) is 5.75 Å². The lowest BCUT2D eigenvalue weighted by molar-refractivity contribution is 0.474. The second-order valence-corrected chi connectivity index (χ2v) is 5.20. The van der Waals surface area contributed by atoms with Gasteiger partial charge in [0.15, 0.2) is 0 Å². The van der Waals surface area contributed by atoms with Crippen LogP contribution in [0.1, 0.15) is 11.1 Å². The molecule has 3 heteroatoms. The van der Waals surface area contributed by atoms with E-state index in [0.717, 1.165) is 5.56 Å². The van der Waals surface area contributed by atoms with Crippen molar-refractivity contribution in [3.63, 3.8) is 0 Å². The third kappa shape index (κ3) is 3.02. The van der Waals surface area contributed by atoms with Gasteiger partial charge in [-0.15, -0.1) is 0 Å². The molecule has 0 aliphatic heterocycles. The maximum Gasteiger partial charge on any atom is 0.124 e. The van der Waals surface area contributed by atoms with Gasteiger partial charge in [-0.1, -0.05) is 66.2 Å². The zero-order chi connectivity index (χ0) is 15.4. The Morgan fingerprint density at radius 1 is 0.773 bits per heavy atom. The van der Waals surface area contributed by atoms with Crippen molar-refractivity contribution in [2.75, 3.05) is 0 Å². The summed E-state index contributed by atoms with van der Waals surface area (Å²) in [5.74, 6) is 0.192. The second-order valence-electron chi connectivity index (χ2n) is 4.79. The van der Waals surface area contributed by atoms with E-state index >= 15 is 0 Å². The van der Waals surface area contributed by atoms with Gasteiger partial charge in [-0.25, -0.2) is 4.99 Å². The first-order chi connectivity index (χ1) is 10.8. The number of halogens is 1. The number of phenolic OH excluding ortho intramolecular Hbond substituents is 1. The van der Waals surface area contributed by atoms with Crippen LogP contribution in [0.4, 0.5) is 5.69 Å². The zero-order valence-electron chi connectivity index (χ0n) is 11.8. The largest absolute Gasteiger partial charge is 0.507 e. The quantitative estimate of drug-likeness (QED) is 0.661. The van der Waals surface area contributed by atoms with Crippen LogP contribution < -0.4 is 0 Å². The van der Waals surface area contributed by atoms with Crippen LogP contribution >= 0.6 is 11.6 Å². The van der Waals surface area contributed by atoms with Crippen molar-refractivity contribution >= 4 is 23.0 Å². The van der Waals surface area contributed by atoms with Crippen LogP contribution in [0, 0.1) is 0 Å². The van der Waals surface area contributed by atoms with Crippen LogP contribution in [0.25, 0.3) is 0 Å². The minimum absolute atomic E-state index is 0.192. The second kappa shape index (κ2) is 6.46. The Bertz CT molecular complexity index is 812. The Kier molecular flexibility index (Phi) is 4.22. The lowest BCUT2D eigenvalue weighted by atomic mass is 10.0. The van der Waals surface area contributed by atoms with E-state index < -0.39 is 0 Å². The zero-order valence-corrected chi connectivity index (χ0v) is 12.5. The van der Waals surface area contributed by atoms with Crippen molar-refractivity contribution in [1.82, 2.24) is 0 Å². The van der Waals surface area contributed by atoms with E-state index in [-0.39, 0.29) is 5.75 Å². The Hall–Kier alpha value is -2.58. The van der Waals surface area contributed by atoms with Gasteiger partial charge in [-0.05, 0) is 24.3 Å². The van der Waals surface area contributed by atoms with Gasteiger partial charge in [0.1, 0.15) is 5.75 Å². The number of aliphatic imine (C=N–C) groups is 1. The molecule has 0 saturated heterocycles. The van der Waals surface area contributed by atoms with Gasteiger partial charge in [-0.3, -0.25) is 0 Å². The first-order valence-corrected chi connectivity index (χ1v) is 7.30. The first kappa shape index (κ1) is 14.4. The standard InChI is InChI=1S/C19H14ClNO/c20-16-11-5-6-12-17(16)21-19(14-8-2-1-3-9-14)15-10-4-7-13-18(15)22/h1-13,22H. The summed E-state index contributed by atoms with van der Waals surface area (Å²) in [5, 5.41) is 10.8. The maximum atomic E-state index is 10.2. The average molecular weight is 308 g/mol. The summed E-state index contributed by atoms with van der Waals surface area (Å²) in [6, 6.07) is 24.3. The molecule has 0 amide bonds. The highest BCUT2D eigenvalue weighted by molar-refractivity contribution is 6.33. The number of phenols is 1. The maximum absolute atomic E-state index is 10.2. The first-order valence-electron chi connectivity index (χ1n) is 6.93. The highest BCUT2D eigenvalue weighted by Crippen LogP contribution is 2.28. The van der Waals surface area contributed by atoms with Gasteiger partial charge < -0.3 is 5.11 Å². The molecule has 0 fully saturated rings. The molecule has 1 N–H and O–H groups in total. The molecule has 22 heavy (non-hydrogen) atoms. The van der Waals surface area contributed by atoms with Crippen LogP contribution in [-0.2, 0) is 0 Å².